The van der Waals surface area contributed by atoms with Gasteiger partial charge in [-0.1, -0.05) is 316 Å². The van der Waals surface area contributed by atoms with Crippen molar-refractivity contribution < 1.29 is 44.9 Å². The fraction of sp³-hybridized carbons (Fsp3) is 0.984. The molecular weight excluding hydrogens is 915 g/mol. The average Bonchev–Trinajstić information content (AvgIpc) is 3.39. The SMILES string of the molecule is CCCCCCCCCCCCCCCCCCCCCCCCCCCCCCCCCCC(=O)N[C@@H](CO[C@@H]1O[C@H](CO)[C@H](O)C(O)C1O)[C@H](O)[C@H](O)CCCCCCCCCCCCCCCCCC. The molecule has 1 fully saturated rings. The molecule has 0 aromatic heterocycles. The quantitative estimate of drug-likeness (QED) is 0.0293. The molecule has 1 rings (SSSR count). The van der Waals surface area contributed by atoms with E-state index >= 15 is 0 Å². The van der Waals surface area contributed by atoms with E-state index in [1.165, 1.54) is 270 Å². The van der Waals surface area contributed by atoms with Gasteiger partial charge >= 0.3 is 0 Å². The summed E-state index contributed by atoms with van der Waals surface area (Å²) in [6, 6.07) is -0.987. The van der Waals surface area contributed by atoms with Crippen molar-refractivity contribution in [2.45, 2.75) is 384 Å². The number of nitrogens with one attached hydrogen (secondary N) is 1. The minimum absolute atomic E-state index is 0.248. The maximum atomic E-state index is 13.1. The van der Waals surface area contributed by atoms with Crippen LogP contribution >= 0.6 is 0 Å². The van der Waals surface area contributed by atoms with E-state index < -0.39 is 55.6 Å². The van der Waals surface area contributed by atoms with Crippen molar-refractivity contribution in [3.05, 3.63) is 0 Å². The molecule has 1 amide bonds. The van der Waals surface area contributed by atoms with Gasteiger partial charge in [-0.2, -0.15) is 0 Å². The fourth-order valence-corrected chi connectivity index (χ4v) is 10.9. The van der Waals surface area contributed by atoms with Crippen LogP contribution in [-0.4, -0.2) is 98.7 Å². The summed E-state index contributed by atoms with van der Waals surface area (Å²) in [5.41, 5.74) is 0. The Hall–Kier alpha value is -0.850. The number of ether oxygens (including phenoxy) is 2. The Bertz CT molecular complexity index is 1130. The van der Waals surface area contributed by atoms with Crippen molar-refractivity contribution in [3.8, 4) is 0 Å². The van der Waals surface area contributed by atoms with Crippen LogP contribution in [0.15, 0.2) is 0 Å². The van der Waals surface area contributed by atoms with E-state index in [-0.39, 0.29) is 18.9 Å². The van der Waals surface area contributed by atoms with Crippen LogP contribution in [0.3, 0.4) is 0 Å². The van der Waals surface area contributed by atoms with Gasteiger partial charge in [0.15, 0.2) is 6.29 Å². The van der Waals surface area contributed by atoms with E-state index in [4.69, 9.17) is 9.47 Å². The highest BCUT2D eigenvalue weighted by Gasteiger charge is 2.44. The summed E-state index contributed by atoms with van der Waals surface area (Å²) >= 11 is 0. The largest absolute Gasteiger partial charge is 0.394 e. The topological polar surface area (TPSA) is 169 Å². The monoisotopic (exact) mass is 1040 g/mol. The molecule has 0 aliphatic carbocycles. The van der Waals surface area contributed by atoms with Gasteiger partial charge in [0, 0.05) is 6.42 Å². The molecule has 436 valence electrons. The van der Waals surface area contributed by atoms with Crippen molar-refractivity contribution >= 4 is 5.91 Å². The zero-order valence-corrected chi connectivity index (χ0v) is 48.3. The summed E-state index contributed by atoms with van der Waals surface area (Å²) in [5, 5.41) is 65.7. The third-order valence-electron chi connectivity index (χ3n) is 16.1. The lowest BCUT2D eigenvalue weighted by Crippen LogP contribution is -2.60. The molecule has 8 atom stereocenters. The number of hydrogen-bond acceptors (Lipinski definition) is 9. The maximum absolute atomic E-state index is 13.1. The van der Waals surface area contributed by atoms with Crippen molar-refractivity contribution in [3.63, 3.8) is 0 Å². The molecule has 1 saturated heterocycles. The van der Waals surface area contributed by atoms with Crippen LogP contribution in [0.1, 0.15) is 335 Å². The molecule has 1 heterocycles. The Morgan fingerprint density at radius 1 is 0.425 bits per heavy atom. The summed E-state index contributed by atoms with van der Waals surface area (Å²) in [7, 11) is 0. The van der Waals surface area contributed by atoms with Crippen LogP contribution in [0.4, 0.5) is 0 Å². The first-order chi connectivity index (χ1) is 35.8. The molecular formula is C63H125NO9. The normalized spacial score (nSPS) is 19.4. The van der Waals surface area contributed by atoms with Crippen LogP contribution in [0.5, 0.6) is 0 Å². The molecule has 1 aliphatic rings. The van der Waals surface area contributed by atoms with E-state index in [1.54, 1.807) is 0 Å². The lowest BCUT2D eigenvalue weighted by molar-refractivity contribution is -0.303. The van der Waals surface area contributed by atoms with Crippen LogP contribution < -0.4 is 5.32 Å². The molecule has 0 aromatic rings. The molecule has 10 nitrogen and oxygen atoms in total. The molecule has 0 spiro atoms. The maximum Gasteiger partial charge on any atom is 0.220 e. The Morgan fingerprint density at radius 3 is 1.01 bits per heavy atom. The molecule has 1 aliphatic heterocycles. The van der Waals surface area contributed by atoms with Crippen molar-refractivity contribution in [1.29, 1.82) is 0 Å². The predicted molar refractivity (Wildman–Crippen MR) is 306 cm³/mol. The molecule has 0 bridgehead atoms. The van der Waals surface area contributed by atoms with E-state index in [9.17, 15) is 35.4 Å². The second kappa shape index (κ2) is 53.2. The first-order valence-corrected chi connectivity index (χ1v) is 32.3. The lowest BCUT2D eigenvalue weighted by atomic mass is 9.98. The van der Waals surface area contributed by atoms with Gasteiger partial charge in [0.2, 0.25) is 5.91 Å². The molecule has 0 aromatic carbocycles. The third kappa shape index (κ3) is 41.9. The van der Waals surface area contributed by atoms with Crippen molar-refractivity contribution in [2.24, 2.45) is 0 Å². The molecule has 0 radical (unpaired) electrons. The smallest absolute Gasteiger partial charge is 0.220 e. The minimum Gasteiger partial charge on any atom is -0.394 e. The van der Waals surface area contributed by atoms with Crippen LogP contribution in [0.2, 0.25) is 0 Å². The Kier molecular flexibility index (Phi) is 51.1. The van der Waals surface area contributed by atoms with Crippen molar-refractivity contribution in [2.75, 3.05) is 13.2 Å². The molecule has 73 heavy (non-hydrogen) atoms. The summed E-state index contributed by atoms with van der Waals surface area (Å²) in [6.45, 7) is 3.67. The first kappa shape index (κ1) is 70.2. The van der Waals surface area contributed by atoms with Gasteiger partial charge < -0.3 is 45.4 Å². The fourth-order valence-electron chi connectivity index (χ4n) is 10.9. The number of carbonyl (C=O) groups is 1. The van der Waals surface area contributed by atoms with E-state index in [2.05, 4.69) is 19.2 Å². The van der Waals surface area contributed by atoms with Gasteiger partial charge in [-0.05, 0) is 12.8 Å². The standard InChI is InChI=1S/C63H125NO9/c1-3-5-7-9-11-13-15-17-19-21-22-23-24-25-26-27-28-29-30-31-32-33-34-35-36-38-40-42-44-46-48-50-52-58(67)64-55(54-72-63-62(71)61(70)60(69)57(53-65)73-63)59(68)56(66)51-49-47-45-43-41-39-37-20-18-16-14-12-10-8-6-4-2/h55-57,59-63,65-66,68-71H,3-54H2,1-2H3,(H,64,67)/t55-,56+,57+,59-,60-,61?,62?,63+/m0/s1. The number of carbonyl (C=O) groups excluding carboxylic acids is 1. The number of rotatable bonds is 57. The van der Waals surface area contributed by atoms with Crippen LogP contribution in [-0.2, 0) is 14.3 Å². The Labute approximate surface area is 451 Å². The summed E-state index contributed by atoms with van der Waals surface area (Å²) in [6.07, 6.45) is 54.4. The highest BCUT2D eigenvalue weighted by atomic mass is 16.7. The number of aliphatic hydroxyl groups excluding tert-OH is 6. The highest BCUT2D eigenvalue weighted by molar-refractivity contribution is 5.76. The molecule has 7 N–H and O–H groups in total. The van der Waals surface area contributed by atoms with E-state index in [1.807, 2.05) is 0 Å². The van der Waals surface area contributed by atoms with Crippen LogP contribution in [0, 0.1) is 0 Å². The first-order valence-electron chi connectivity index (χ1n) is 32.3. The highest BCUT2D eigenvalue weighted by Crippen LogP contribution is 2.24. The predicted octanol–water partition coefficient (Wildman–Crippen LogP) is 15.6. The van der Waals surface area contributed by atoms with Gasteiger partial charge in [-0.25, -0.2) is 0 Å². The third-order valence-corrected chi connectivity index (χ3v) is 16.1. The summed E-state index contributed by atoms with van der Waals surface area (Å²) < 4.78 is 11.2. The second-order valence-electron chi connectivity index (χ2n) is 23.1. The molecule has 10 heteroatoms. The number of aliphatic hydroxyl groups is 6. The van der Waals surface area contributed by atoms with Gasteiger partial charge in [0.05, 0.1) is 25.4 Å². The molecule has 0 saturated carbocycles. The Balaban J connectivity index is 2.13. The number of hydrogen-bond donors (Lipinski definition) is 7. The zero-order valence-electron chi connectivity index (χ0n) is 48.3. The van der Waals surface area contributed by atoms with Gasteiger partial charge in [0.1, 0.15) is 30.5 Å². The molecule has 2 unspecified atom stereocenters. The zero-order chi connectivity index (χ0) is 53.1. The van der Waals surface area contributed by atoms with Gasteiger partial charge in [-0.3, -0.25) is 4.79 Å². The van der Waals surface area contributed by atoms with Crippen molar-refractivity contribution in [1.82, 2.24) is 5.32 Å². The van der Waals surface area contributed by atoms with Crippen LogP contribution in [0.25, 0.3) is 0 Å². The van der Waals surface area contributed by atoms with E-state index in [0.29, 0.717) is 6.42 Å². The Morgan fingerprint density at radius 2 is 0.712 bits per heavy atom. The van der Waals surface area contributed by atoms with Gasteiger partial charge in [-0.15, -0.1) is 0 Å². The summed E-state index contributed by atoms with van der Waals surface area (Å²) in [5.74, 6) is -0.248. The average molecular weight is 1040 g/mol. The second-order valence-corrected chi connectivity index (χ2v) is 23.1. The number of amides is 1. The van der Waals surface area contributed by atoms with E-state index in [0.717, 1.165) is 38.5 Å². The minimum atomic E-state index is -1.60. The number of unbranched alkanes of at least 4 members (excludes halogenated alkanes) is 46. The lowest BCUT2D eigenvalue weighted by Gasteiger charge is -2.40. The van der Waals surface area contributed by atoms with Gasteiger partial charge in [0.25, 0.3) is 0 Å². The summed E-state index contributed by atoms with van der Waals surface area (Å²) in [4.78, 5) is 13.1.